The van der Waals surface area contributed by atoms with Crippen molar-refractivity contribution < 1.29 is 14.3 Å². The summed E-state index contributed by atoms with van der Waals surface area (Å²) in [6.07, 6.45) is 5.40. The van der Waals surface area contributed by atoms with E-state index in [4.69, 9.17) is 10.2 Å². The molecule has 1 aromatic heterocycles. The third-order valence-corrected chi connectivity index (χ3v) is 7.18. The maximum Gasteiger partial charge on any atom is 0.237 e. The number of hydrogen-bond donors (Lipinski definition) is 4. The van der Waals surface area contributed by atoms with Gasteiger partial charge >= 0.3 is 0 Å². The van der Waals surface area contributed by atoms with Crippen LogP contribution in [0.3, 0.4) is 0 Å². The minimum Gasteiger partial charge on any atom is -0.508 e. The molecule has 1 aliphatic heterocycles. The molecular weight excluding hydrogens is 462 g/mol. The normalized spacial score (nSPS) is 15.5. The van der Waals surface area contributed by atoms with Crippen LogP contribution in [0.1, 0.15) is 45.8 Å². The molecule has 0 saturated heterocycles. The van der Waals surface area contributed by atoms with Crippen LogP contribution < -0.4 is 16.4 Å². The molecule has 0 saturated carbocycles. The first-order valence-electron chi connectivity index (χ1n) is 12.7. The van der Waals surface area contributed by atoms with E-state index in [0.29, 0.717) is 6.42 Å². The van der Waals surface area contributed by atoms with Crippen LogP contribution in [0.5, 0.6) is 5.75 Å². The van der Waals surface area contributed by atoms with E-state index in [1.807, 2.05) is 38.1 Å². The van der Waals surface area contributed by atoms with Crippen molar-refractivity contribution in [3.8, 4) is 16.9 Å². The molecule has 0 bridgehead atoms. The second-order valence-electron chi connectivity index (χ2n) is 9.93. The lowest BCUT2D eigenvalue weighted by molar-refractivity contribution is -0.123. The van der Waals surface area contributed by atoms with E-state index in [1.165, 1.54) is 11.1 Å². The van der Waals surface area contributed by atoms with Crippen molar-refractivity contribution in [2.24, 2.45) is 5.73 Å². The molecule has 37 heavy (non-hydrogen) atoms. The highest BCUT2D eigenvalue weighted by Gasteiger charge is 2.27. The molecule has 0 spiro atoms. The molecule has 2 heterocycles. The molecular formula is C31H33N3O3. The van der Waals surface area contributed by atoms with Gasteiger partial charge in [-0.3, -0.25) is 4.79 Å². The molecule has 4 aromatic rings. The second kappa shape index (κ2) is 10.5. The Kier molecular flexibility index (Phi) is 7.01. The van der Waals surface area contributed by atoms with Crippen LogP contribution in [-0.4, -0.2) is 23.6 Å². The molecule has 190 valence electrons. The molecule has 6 heteroatoms. The van der Waals surface area contributed by atoms with Crippen LogP contribution in [0.15, 0.2) is 77.6 Å². The molecule has 5 N–H and O–H groups in total. The van der Waals surface area contributed by atoms with Crippen LogP contribution in [0.25, 0.3) is 11.1 Å². The van der Waals surface area contributed by atoms with E-state index in [-0.39, 0.29) is 17.7 Å². The lowest BCUT2D eigenvalue weighted by Gasteiger charge is -2.31. The molecule has 0 radical (unpaired) electrons. The first-order chi connectivity index (χ1) is 17.9. The van der Waals surface area contributed by atoms with Gasteiger partial charge in [0, 0.05) is 23.4 Å². The number of aromatic hydroxyl groups is 1. The fourth-order valence-corrected chi connectivity index (χ4v) is 5.31. The lowest BCUT2D eigenvalue weighted by Crippen LogP contribution is -2.44. The summed E-state index contributed by atoms with van der Waals surface area (Å²) in [6.45, 7) is 4.61. The molecule has 2 atom stereocenters. The van der Waals surface area contributed by atoms with E-state index in [9.17, 15) is 9.90 Å². The first-order valence-corrected chi connectivity index (χ1v) is 12.7. The van der Waals surface area contributed by atoms with Crippen LogP contribution in [0, 0.1) is 13.8 Å². The smallest absolute Gasteiger partial charge is 0.237 e. The maximum absolute atomic E-state index is 13.3. The number of carbonyl (C=O) groups is 1. The number of amides is 1. The predicted octanol–water partition coefficient (Wildman–Crippen LogP) is 5.40. The van der Waals surface area contributed by atoms with Gasteiger partial charge in [-0.05, 0) is 90.8 Å². The van der Waals surface area contributed by atoms with Gasteiger partial charge < -0.3 is 25.9 Å². The van der Waals surface area contributed by atoms with Crippen molar-refractivity contribution in [2.45, 2.75) is 45.2 Å². The van der Waals surface area contributed by atoms with E-state index < -0.39 is 6.04 Å². The molecule has 0 fully saturated rings. The summed E-state index contributed by atoms with van der Waals surface area (Å²) in [5, 5.41) is 16.6. The van der Waals surface area contributed by atoms with Crippen LogP contribution >= 0.6 is 0 Å². The Bertz CT molecular complexity index is 1370. The van der Waals surface area contributed by atoms with Gasteiger partial charge in [-0.1, -0.05) is 36.4 Å². The van der Waals surface area contributed by atoms with Gasteiger partial charge in [0.2, 0.25) is 5.91 Å². The van der Waals surface area contributed by atoms with Gasteiger partial charge in [-0.2, -0.15) is 0 Å². The largest absolute Gasteiger partial charge is 0.508 e. The first kappa shape index (κ1) is 24.7. The van der Waals surface area contributed by atoms with Crippen molar-refractivity contribution in [1.29, 1.82) is 0 Å². The predicted molar refractivity (Wildman–Crippen MR) is 147 cm³/mol. The highest BCUT2D eigenvalue weighted by atomic mass is 16.3. The summed E-state index contributed by atoms with van der Waals surface area (Å²) in [4.78, 5) is 13.3. The lowest BCUT2D eigenvalue weighted by atomic mass is 9.88. The quantitative estimate of drug-likeness (QED) is 0.275. The van der Waals surface area contributed by atoms with Crippen molar-refractivity contribution in [2.75, 3.05) is 11.9 Å². The third-order valence-electron chi connectivity index (χ3n) is 7.18. The van der Waals surface area contributed by atoms with E-state index in [1.54, 1.807) is 24.7 Å². The number of phenols is 1. The molecule has 2 unspecified atom stereocenters. The van der Waals surface area contributed by atoms with Gasteiger partial charge in [0.1, 0.15) is 5.75 Å². The Morgan fingerprint density at radius 1 is 1.11 bits per heavy atom. The van der Waals surface area contributed by atoms with Crippen LogP contribution in [0.2, 0.25) is 0 Å². The number of furan rings is 1. The zero-order valence-electron chi connectivity index (χ0n) is 21.3. The number of hydrogen-bond acceptors (Lipinski definition) is 5. The fourth-order valence-electron chi connectivity index (χ4n) is 5.31. The number of benzene rings is 3. The number of aryl methyl sites for hydroxylation is 2. The monoisotopic (exact) mass is 495 g/mol. The van der Waals surface area contributed by atoms with E-state index >= 15 is 0 Å². The van der Waals surface area contributed by atoms with Gasteiger partial charge in [-0.25, -0.2) is 0 Å². The number of nitrogens with two attached hydrogens (primary N) is 1. The van der Waals surface area contributed by atoms with E-state index in [0.717, 1.165) is 58.5 Å². The van der Waals surface area contributed by atoms with Crippen molar-refractivity contribution in [3.05, 3.63) is 107 Å². The SMILES string of the molecule is Cc1cc(O)cc(C)c1CC(N)C(=O)NC1CCNc2c(-c3ccoc3)cc(Cc3ccccc3)cc21. The molecule has 1 aliphatic rings. The average molecular weight is 496 g/mol. The second-order valence-corrected chi connectivity index (χ2v) is 9.93. The minimum atomic E-state index is -0.693. The maximum atomic E-state index is 13.3. The Hall–Kier alpha value is -4.03. The van der Waals surface area contributed by atoms with Crippen LogP contribution in [0.4, 0.5) is 5.69 Å². The number of phenolic OH excluding ortho intramolecular Hbond substituents is 1. The Morgan fingerprint density at radius 3 is 2.57 bits per heavy atom. The standard InChI is InChI=1S/C31H33N3O3/c1-19-12-24(35)13-20(2)25(19)17-28(32)31(36)34-29-8-10-33-30-26(23-9-11-37-18-23)15-22(16-27(29)30)14-21-6-4-3-5-7-21/h3-7,9,11-13,15-16,18,28-29,33,35H,8,10,14,17,32H2,1-2H3,(H,34,36). The Labute approximate surface area is 217 Å². The molecule has 0 aliphatic carbocycles. The van der Waals surface area contributed by atoms with Gasteiger partial charge in [-0.15, -0.1) is 0 Å². The minimum absolute atomic E-state index is 0.154. The number of anilines is 1. The van der Waals surface area contributed by atoms with Gasteiger partial charge in [0.05, 0.1) is 24.6 Å². The Morgan fingerprint density at radius 2 is 1.86 bits per heavy atom. The topological polar surface area (TPSA) is 101 Å². The molecule has 1 amide bonds. The Balaban J connectivity index is 1.43. The van der Waals surface area contributed by atoms with Crippen LogP contribution in [-0.2, 0) is 17.6 Å². The summed E-state index contributed by atoms with van der Waals surface area (Å²) in [7, 11) is 0. The van der Waals surface area contributed by atoms with Crippen molar-refractivity contribution in [3.63, 3.8) is 0 Å². The molecule has 6 nitrogen and oxygen atoms in total. The molecule has 3 aromatic carbocycles. The number of fused-ring (bicyclic) bond motifs is 1. The highest BCUT2D eigenvalue weighted by Crippen LogP contribution is 2.40. The summed E-state index contributed by atoms with van der Waals surface area (Å²) in [5.41, 5.74) is 15.8. The zero-order valence-corrected chi connectivity index (χ0v) is 21.3. The summed E-state index contributed by atoms with van der Waals surface area (Å²) in [5.74, 6) is 0.0471. The van der Waals surface area contributed by atoms with Crippen molar-refractivity contribution in [1.82, 2.24) is 5.32 Å². The average Bonchev–Trinajstić information content (AvgIpc) is 3.41. The summed E-state index contributed by atoms with van der Waals surface area (Å²) >= 11 is 0. The fraction of sp³-hybridized carbons (Fsp3) is 0.258. The summed E-state index contributed by atoms with van der Waals surface area (Å²) in [6, 6.07) is 19.3. The highest BCUT2D eigenvalue weighted by molar-refractivity contribution is 5.85. The number of carbonyl (C=O) groups excluding carboxylic acids is 1. The van der Waals surface area contributed by atoms with Gasteiger partial charge in [0.15, 0.2) is 0 Å². The summed E-state index contributed by atoms with van der Waals surface area (Å²) < 4.78 is 5.39. The van der Waals surface area contributed by atoms with Crippen molar-refractivity contribution >= 4 is 11.6 Å². The van der Waals surface area contributed by atoms with E-state index in [2.05, 4.69) is 34.9 Å². The zero-order chi connectivity index (χ0) is 25.9. The number of rotatable bonds is 7. The third kappa shape index (κ3) is 5.39. The molecule has 5 rings (SSSR count). The van der Waals surface area contributed by atoms with Gasteiger partial charge in [0.25, 0.3) is 0 Å². The number of nitrogens with one attached hydrogen (secondary N) is 2.